The number of carbonyl (C=O) groups is 1. The van der Waals surface area contributed by atoms with Crippen LogP contribution in [-0.2, 0) is 4.74 Å². The van der Waals surface area contributed by atoms with Gasteiger partial charge >= 0.3 is 5.97 Å². The van der Waals surface area contributed by atoms with Gasteiger partial charge in [0.1, 0.15) is 0 Å². The quantitative estimate of drug-likeness (QED) is 0.840. The molecule has 1 aromatic carbocycles. The van der Waals surface area contributed by atoms with Gasteiger partial charge in [-0.2, -0.15) is 0 Å². The SMILES string of the molecule is CCC(O)CN1CCN(c2ccc(C(=O)OC)cc2)CC1C. The summed E-state index contributed by atoms with van der Waals surface area (Å²) in [6, 6.07) is 7.94. The van der Waals surface area contributed by atoms with Crippen LogP contribution in [0.5, 0.6) is 0 Å². The summed E-state index contributed by atoms with van der Waals surface area (Å²) in [5, 5.41) is 9.82. The number of carbonyl (C=O) groups excluding carboxylic acids is 1. The van der Waals surface area contributed by atoms with Gasteiger partial charge in [0.05, 0.1) is 18.8 Å². The van der Waals surface area contributed by atoms with Crippen molar-refractivity contribution < 1.29 is 14.6 Å². The summed E-state index contributed by atoms with van der Waals surface area (Å²) in [6.45, 7) is 7.74. The minimum atomic E-state index is -0.307. The molecule has 1 N–H and O–H groups in total. The number of ether oxygens (including phenoxy) is 1. The van der Waals surface area contributed by atoms with E-state index in [1.54, 1.807) is 12.1 Å². The van der Waals surface area contributed by atoms with E-state index in [1.807, 2.05) is 19.1 Å². The number of aliphatic hydroxyl groups excluding tert-OH is 1. The molecule has 2 unspecified atom stereocenters. The lowest BCUT2D eigenvalue weighted by Gasteiger charge is -2.41. The molecule has 0 aromatic heterocycles. The van der Waals surface area contributed by atoms with Gasteiger partial charge < -0.3 is 14.7 Å². The normalized spacial score (nSPS) is 20.7. The summed E-state index contributed by atoms with van der Waals surface area (Å²) in [4.78, 5) is 16.1. The average Bonchev–Trinajstić information content (AvgIpc) is 2.56. The molecule has 0 bridgehead atoms. The highest BCUT2D eigenvalue weighted by atomic mass is 16.5. The van der Waals surface area contributed by atoms with Crippen LogP contribution in [0.25, 0.3) is 0 Å². The van der Waals surface area contributed by atoms with E-state index in [1.165, 1.54) is 7.11 Å². The van der Waals surface area contributed by atoms with E-state index in [-0.39, 0.29) is 12.1 Å². The van der Waals surface area contributed by atoms with Crippen molar-refractivity contribution in [1.29, 1.82) is 0 Å². The second-order valence-electron chi connectivity index (χ2n) is 5.89. The van der Waals surface area contributed by atoms with Crippen molar-refractivity contribution in [3.05, 3.63) is 29.8 Å². The van der Waals surface area contributed by atoms with Crippen molar-refractivity contribution in [3.8, 4) is 0 Å². The summed E-state index contributed by atoms with van der Waals surface area (Å²) in [7, 11) is 1.39. The van der Waals surface area contributed by atoms with E-state index in [0.29, 0.717) is 11.6 Å². The predicted molar refractivity (Wildman–Crippen MR) is 87.3 cm³/mol. The highest BCUT2D eigenvalue weighted by Gasteiger charge is 2.25. The Bertz CT molecular complexity index is 489. The van der Waals surface area contributed by atoms with Crippen molar-refractivity contribution in [3.63, 3.8) is 0 Å². The molecule has 0 aliphatic carbocycles. The van der Waals surface area contributed by atoms with Crippen LogP contribution >= 0.6 is 0 Å². The summed E-state index contributed by atoms with van der Waals surface area (Å²) in [5.41, 5.74) is 1.69. The molecule has 1 saturated heterocycles. The molecule has 22 heavy (non-hydrogen) atoms. The number of β-amino-alcohol motifs (C(OH)–C–C–N with tert-alkyl or cyclic N) is 1. The Balaban J connectivity index is 1.96. The minimum Gasteiger partial charge on any atom is -0.465 e. The van der Waals surface area contributed by atoms with Gasteiger partial charge in [-0.15, -0.1) is 0 Å². The summed E-state index contributed by atoms with van der Waals surface area (Å²) < 4.78 is 4.72. The summed E-state index contributed by atoms with van der Waals surface area (Å²) in [6.07, 6.45) is 0.551. The van der Waals surface area contributed by atoms with Crippen molar-refractivity contribution >= 4 is 11.7 Å². The Morgan fingerprint density at radius 1 is 1.36 bits per heavy atom. The molecular formula is C17H26N2O3. The monoisotopic (exact) mass is 306 g/mol. The number of hydrogen-bond donors (Lipinski definition) is 1. The Morgan fingerprint density at radius 3 is 2.59 bits per heavy atom. The topological polar surface area (TPSA) is 53.0 Å². The fourth-order valence-corrected chi connectivity index (χ4v) is 2.83. The van der Waals surface area contributed by atoms with E-state index in [9.17, 15) is 9.90 Å². The molecule has 0 radical (unpaired) electrons. The highest BCUT2D eigenvalue weighted by Crippen LogP contribution is 2.20. The van der Waals surface area contributed by atoms with Crippen LogP contribution in [0.1, 0.15) is 30.6 Å². The molecular weight excluding hydrogens is 280 g/mol. The number of piperazine rings is 1. The molecule has 0 amide bonds. The molecule has 2 atom stereocenters. The van der Waals surface area contributed by atoms with Gasteiger partial charge in [-0.25, -0.2) is 4.79 Å². The van der Waals surface area contributed by atoms with Gasteiger partial charge in [0, 0.05) is 37.9 Å². The standard InChI is InChI=1S/C17H26N2O3/c1-4-16(20)12-18-9-10-19(11-13(18)2)15-7-5-14(6-8-15)17(21)22-3/h5-8,13,16,20H,4,9-12H2,1-3H3. The third kappa shape index (κ3) is 3.99. The number of benzene rings is 1. The highest BCUT2D eigenvalue weighted by molar-refractivity contribution is 5.89. The van der Waals surface area contributed by atoms with Gasteiger partial charge in [0.25, 0.3) is 0 Å². The lowest BCUT2D eigenvalue weighted by atomic mass is 10.1. The first-order valence-corrected chi connectivity index (χ1v) is 7.90. The molecule has 0 spiro atoms. The molecule has 5 nitrogen and oxygen atoms in total. The summed E-state index contributed by atoms with van der Waals surface area (Å²) in [5.74, 6) is -0.307. The van der Waals surface area contributed by atoms with E-state index < -0.39 is 0 Å². The summed E-state index contributed by atoms with van der Waals surface area (Å²) >= 11 is 0. The molecule has 1 aromatic rings. The second-order valence-corrected chi connectivity index (χ2v) is 5.89. The maximum absolute atomic E-state index is 11.5. The first-order chi connectivity index (χ1) is 10.5. The Kier molecular flexibility index (Phi) is 5.80. The minimum absolute atomic E-state index is 0.242. The van der Waals surface area contributed by atoms with Gasteiger partial charge in [-0.3, -0.25) is 4.90 Å². The molecule has 1 aliphatic heterocycles. The lowest BCUT2D eigenvalue weighted by molar-refractivity contribution is 0.0600. The van der Waals surface area contributed by atoms with E-state index in [4.69, 9.17) is 4.74 Å². The molecule has 122 valence electrons. The second kappa shape index (κ2) is 7.61. The zero-order valence-corrected chi connectivity index (χ0v) is 13.7. The average molecular weight is 306 g/mol. The third-order valence-electron chi connectivity index (χ3n) is 4.34. The van der Waals surface area contributed by atoms with Crippen LogP contribution in [0.15, 0.2) is 24.3 Å². The smallest absolute Gasteiger partial charge is 0.337 e. The maximum Gasteiger partial charge on any atom is 0.337 e. The largest absolute Gasteiger partial charge is 0.465 e. The van der Waals surface area contributed by atoms with Crippen LogP contribution in [-0.4, -0.2) is 61.4 Å². The molecule has 5 heteroatoms. The number of rotatable bonds is 5. The third-order valence-corrected chi connectivity index (χ3v) is 4.34. The van der Waals surface area contributed by atoms with Crippen LogP contribution in [0, 0.1) is 0 Å². The number of esters is 1. The first-order valence-electron chi connectivity index (χ1n) is 7.90. The predicted octanol–water partition coefficient (Wildman–Crippen LogP) is 1.75. The Hall–Kier alpha value is -1.59. The fourth-order valence-electron chi connectivity index (χ4n) is 2.83. The van der Waals surface area contributed by atoms with Crippen LogP contribution < -0.4 is 4.90 Å². The Labute approximate surface area is 132 Å². The van der Waals surface area contributed by atoms with Gasteiger partial charge in [-0.1, -0.05) is 6.92 Å². The van der Waals surface area contributed by atoms with E-state index in [0.717, 1.165) is 38.3 Å². The van der Waals surface area contributed by atoms with E-state index in [2.05, 4.69) is 16.7 Å². The zero-order chi connectivity index (χ0) is 16.1. The first kappa shape index (κ1) is 16.8. The molecule has 2 rings (SSSR count). The van der Waals surface area contributed by atoms with Crippen LogP contribution in [0.3, 0.4) is 0 Å². The fraction of sp³-hybridized carbons (Fsp3) is 0.588. The lowest BCUT2D eigenvalue weighted by Crippen LogP contribution is -2.53. The maximum atomic E-state index is 11.5. The number of hydrogen-bond acceptors (Lipinski definition) is 5. The number of anilines is 1. The van der Waals surface area contributed by atoms with Crippen LogP contribution in [0.2, 0.25) is 0 Å². The van der Waals surface area contributed by atoms with Crippen molar-refractivity contribution in [2.75, 3.05) is 38.2 Å². The van der Waals surface area contributed by atoms with Gasteiger partial charge in [0.2, 0.25) is 0 Å². The van der Waals surface area contributed by atoms with Gasteiger partial charge in [0.15, 0.2) is 0 Å². The van der Waals surface area contributed by atoms with Crippen molar-refractivity contribution in [2.24, 2.45) is 0 Å². The number of aliphatic hydroxyl groups is 1. The van der Waals surface area contributed by atoms with E-state index >= 15 is 0 Å². The van der Waals surface area contributed by atoms with Crippen molar-refractivity contribution in [1.82, 2.24) is 4.90 Å². The molecule has 1 aliphatic rings. The molecule has 1 heterocycles. The Morgan fingerprint density at radius 2 is 2.05 bits per heavy atom. The van der Waals surface area contributed by atoms with Crippen molar-refractivity contribution in [2.45, 2.75) is 32.4 Å². The molecule has 1 fully saturated rings. The number of methoxy groups -OCH3 is 1. The van der Waals surface area contributed by atoms with Crippen LogP contribution in [0.4, 0.5) is 5.69 Å². The number of nitrogens with zero attached hydrogens (tertiary/aromatic N) is 2. The molecule has 0 saturated carbocycles. The zero-order valence-electron chi connectivity index (χ0n) is 13.7. The van der Waals surface area contributed by atoms with Gasteiger partial charge in [-0.05, 0) is 37.6 Å².